The number of carboxylic acid groups (broad SMARTS) is 1. The van der Waals surface area contributed by atoms with E-state index in [0.29, 0.717) is 28.9 Å². The van der Waals surface area contributed by atoms with Crippen LogP contribution < -0.4 is 9.47 Å². The van der Waals surface area contributed by atoms with Gasteiger partial charge in [0, 0.05) is 6.42 Å². The molecule has 0 spiro atoms. The van der Waals surface area contributed by atoms with E-state index in [4.69, 9.17) is 14.6 Å². The Morgan fingerprint density at radius 2 is 2.10 bits per heavy atom. The molecule has 0 saturated carbocycles. The third-order valence-corrected chi connectivity index (χ3v) is 3.49. The summed E-state index contributed by atoms with van der Waals surface area (Å²) in [7, 11) is 3.16. The molecule has 0 atom stereocenters. The van der Waals surface area contributed by atoms with E-state index in [1.54, 1.807) is 14.2 Å². The van der Waals surface area contributed by atoms with Gasteiger partial charge in [0.2, 0.25) is 5.16 Å². The van der Waals surface area contributed by atoms with Gasteiger partial charge in [-0.3, -0.25) is 9.89 Å². The Hall–Kier alpha value is -2.22. The monoisotopic (exact) mass is 309 g/mol. The second-order valence-electron chi connectivity index (χ2n) is 4.11. The zero-order valence-corrected chi connectivity index (χ0v) is 12.4. The van der Waals surface area contributed by atoms with Crippen LogP contribution in [0.15, 0.2) is 23.4 Å². The normalized spacial score (nSPS) is 10.4. The van der Waals surface area contributed by atoms with Crippen molar-refractivity contribution in [1.29, 1.82) is 0 Å². The molecule has 0 saturated heterocycles. The summed E-state index contributed by atoms with van der Waals surface area (Å²) in [6.07, 6.45) is 0.543. The summed E-state index contributed by atoms with van der Waals surface area (Å²) in [5.41, 5.74) is 0.985. The molecule has 0 amide bonds. The Kier molecular flexibility index (Phi) is 5.04. The van der Waals surface area contributed by atoms with Crippen LogP contribution in [0.2, 0.25) is 0 Å². The molecule has 0 aliphatic carbocycles. The number of nitrogens with zero attached hydrogens (tertiary/aromatic N) is 2. The fourth-order valence-corrected chi connectivity index (χ4v) is 2.27. The first-order valence-corrected chi connectivity index (χ1v) is 7.07. The van der Waals surface area contributed by atoms with E-state index >= 15 is 0 Å². The van der Waals surface area contributed by atoms with Crippen molar-refractivity contribution in [2.75, 3.05) is 20.0 Å². The third kappa shape index (κ3) is 4.12. The number of H-pyrrole nitrogens is 1. The summed E-state index contributed by atoms with van der Waals surface area (Å²) in [5.74, 6) is 1.01. The molecule has 2 N–H and O–H groups in total. The topological polar surface area (TPSA) is 97.3 Å². The quantitative estimate of drug-likeness (QED) is 0.749. The van der Waals surface area contributed by atoms with Gasteiger partial charge in [-0.2, -0.15) is 0 Å². The Labute approximate surface area is 125 Å². The maximum absolute atomic E-state index is 10.5. The summed E-state index contributed by atoms with van der Waals surface area (Å²) >= 11 is 1.08. The highest BCUT2D eigenvalue weighted by atomic mass is 32.2. The van der Waals surface area contributed by atoms with Crippen molar-refractivity contribution in [1.82, 2.24) is 15.2 Å². The Morgan fingerprint density at radius 1 is 1.33 bits per heavy atom. The second kappa shape index (κ2) is 6.98. The molecule has 0 radical (unpaired) electrons. The molecular formula is C13H15N3O4S. The SMILES string of the molecule is COc1ccc(Cc2nc(SCC(=O)O)n[nH]2)cc1OC. The highest BCUT2D eigenvalue weighted by Crippen LogP contribution is 2.28. The minimum atomic E-state index is -0.897. The van der Waals surface area contributed by atoms with Gasteiger partial charge in [0.05, 0.1) is 20.0 Å². The van der Waals surface area contributed by atoms with Crippen molar-refractivity contribution in [2.45, 2.75) is 11.6 Å². The lowest BCUT2D eigenvalue weighted by molar-refractivity contribution is -0.133. The van der Waals surface area contributed by atoms with Gasteiger partial charge in [0.15, 0.2) is 11.5 Å². The average Bonchev–Trinajstić information content (AvgIpc) is 2.92. The van der Waals surface area contributed by atoms with Gasteiger partial charge in [-0.15, -0.1) is 5.10 Å². The molecule has 1 aromatic heterocycles. The molecule has 2 aromatic rings. The molecule has 0 aliphatic heterocycles. The first-order valence-electron chi connectivity index (χ1n) is 6.09. The smallest absolute Gasteiger partial charge is 0.313 e. The first kappa shape index (κ1) is 15.2. The summed E-state index contributed by atoms with van der Waals surface area (Å²) in [5, 5.41) is 15.8. The molecule has 7 nitrogen and oxygen atoms in total. The molecule has 0 bridgehead atoms. The zero-order valence-electron chi connectivity index (χ0n) is 11.6. The van der Waals surface area contributed by atoms with Crippen molar-refractivity contribution < 1.29 is 19.4 Å². The van der Waals surface area contributed by atoms with E-state index in [-0.39, 0.29) is 5.75 Å². The van der Waals surface area contributed by atoms with E-state index < -0.39 is 5.97 Å². The minimum Gasteiger partial charge on any atom is -0.493 e. The molecule has 21 heavy (non-hydrogen) atoms. The second-order valence-corrected chi connectivity index (χ2v) is 5.06. The van der Waals surface area contributed by atoms with Crippen molar-refractivity contribution in [3.63, 3.8) is 0 Å². The van der Waals surface area contributed by atoms with Gasteiger partial charge < -0.3 is 14.6 Å². The summed E-state index contributed by atoms with van der Waals surface area (Å²) < 4.78 is 10.4. The van der Waals surface area contributed by atoms with Crippen LogP contribution in [0.5, 0.6) is 11.5 Å². The number of hydrogen-bond donors (Lipinski definition) is 2. The summed E-state index contributed by atoms with van der Waals surface area (Å²) in [6.45, 7) is 0. The molecule has 112 valence electrons. The van der Waals surface area contributed by atoms with Crippen LogP contribution in [0.1, 0.15) is 11.4 Å². The van der Waals surface area contributed by atoms with Gasteiger partial charge >= 0.3 is 5.97 Å². The number of aromatic amines is 1. The van der Waals surface area contributed by atoms with Crippen molar-refractivity contribution in [2.24, 2.45) is 0 Å². The fraction of sp³-hybridized carbons (Fsp3) is 0.308. The first-order chi connectivity index (χ1) is 10.1. The van der Waals surface area contributed by atoms with Crippen LogP contribution in [0, 0.1) is 0 Å². The number of methoxy groups -OCH3 is 2. The molecule has 2 rings (SSSR count). The predicted molar refractivity (Wildman–Crippen MR) is 77.1 cm³/mol. The summed E-state index contributed by atoms with van der Waals surface area (Å²) in [4.78, 5) is 14.7. The van der Waals surface area contributed by atoms with Crippen LogP contribution in [0.4, 0.5) is 0 Å². The average molecular weight is 309 g/mol. The highest BCUT2D eigenvalue weighted by molar-refractivity contribution is 7.99. The number of carboxylic acids is 1. The molecule has 1 heterocycles. The van der Waals surface area contributed by atoms with Crippen molar-refractivity contribution >= 4 is 17.7 Å². The number of benzene rings is 1. The number of carbonyl (C=O) groups is 1. The number of rotatable bonds is 7. The van der Waals surface area contributed by atoms with E-state index in [1.807, 2.05) is 18.2 Å². The van der Waals surface area contributed by atoms with Crippen LogP contribution in [-0.2, 0) is 11.2 Å². The number of hydrogen-bond acceptors (Lipinski definition) is 6. The van der Waals surface area contributed by atoms with E-state index in [2.05, 4.69) is 15.2 Å². The largest absolute Gasteiger partial charge is 0.493 e. The fourth-order valence-electron chi connectivity index (χ4n) is 1.73. The molecule has 1 aromatic carbocycles. The molecular weight excluding hydrogens is 294 g/mol. The zero-order chi connectivity index (χ0) is 15.2. The maximum atomic E-state index is 10.5. The lowest BCUT2D eigenvalue weighted by Crippen LogP contribution is -1.98. The van der Waals surface area contributed by atoms with Crippen LogP contribution >= 0.6 is 11.8 Å². The summed E-state index contributed by atoms with van der Waals surface area (Å²) in [6, 6.07) is 5.60. The number of thioether (sulfide) groups is 1. The molecule has 0 fully saturated rings. The lowest BCUT2D eigenvalue weighted by Gasteiger charge is -2.08. The van der Waals surface area contributed by atoms with Crippen molar-refractivity contribution in [3.8, 4) is 11.5 Å². The van der Waals surface area contributed by atoms with Crippen LogP contribution in [0.25, 0.3) is 0 Å². The number of aliphatic carboxylic acids is 1. The number of nitrogens with one attached hydrogen (secondary N) is 1. The highest BCUT2D eigenvalue weighted by Gasteiger charge is 2.09. The predicted octanol–water partition coefficient (Wildman–Crippen LogP) is 1.59. The van der Waals surface area contributed by atoms with E-state index in [9.17, 15) is 4.79 Å². The molecule has 0 aliphatic rings. The number of ether oxygens (including phenoxy) is 2. The Morgan fingerprint density at radius 3 is 2.76 bits per heavy atom. The standard InChI is InChI=1S/C13H15N3O4S/c1-19-9-4-3-8(5-10(9)20-2)6-11-14-13(16-15-11)21-7-12(17)18/h3-5H,6-7H2,1-2H3,(H,17,18)(H,14,15,16). The molecule has 0 unspecified atom stereocenters. The molecule has 8 heteroatoms. The van der Waals surface area contributed by atoms with Crippen LogP contribution in [0.3, 0.4) is 0 Å². The van der Waals surface area contributed by atoms with Crippen molar-refractivity contribution in [3.05, 3.63) is 29.6 Å². The van der Waals surface area contributed by atoms with Gasteiger partial charge in [-0.1, -0.05) is 17.8 Å². The van der Waals surface area contributed by atoms with Gasteiger partial charge in [0.1, 0.15) is 5.82 Å². The number of aromatic nitrogens is 3. The Balaban J connectivity index is 2.06. The van der Waals surface area contributed by atoms with E-state index in [0.717, 1.165) is 17.3 Å². The maximum Gasteiger partial charge on any atom is 0.313 e. The van der Waals surface area contributed by atoms with Gasteiger partial charge in [-0.25, -0.2) is 4.98 Å². The van der Waals surface area contributed by atoms with Gasteiger partial charge in [-0.05, 0) is 17.7 Å². The Bertz CT molecular complexity index is 630. The van der Waals surface area contributed by atoms with E-state index in [1.165, 1.54) is 0 Å². The third-order valence-electron chi connectivity index (χ3n) is 2.66. The lowest BCUT2D eigenvalue weighted by atomic mass is 10.1. The minimum absolute atomic E-state index is 0.0619. The van der Waals surface area contributed by atoms with Crippen LogP contribution in [-0.4, -0.2) is 46.2 Å². The van der Waals surface area contributed by atoms with Gasteiger partial charge in [0.25, 0.3) is 0 Å².